The topological polar surface area (TPSA) is 51.8 Å². The molecule has 0 fully saturated rings. The summed E-state index contributed by atoms with van der Waals surface area (Å²) in [6.45, 7) is 4.13. The highest BCUT2D eigenvalue weighted by atomic mass is 32.2. The average Bonchev–Trinajstić information content (AvgIpc) is 2.04. The van der Waals surface area contributed by atoms with Crippen LogP contribution in [0.25, 0.3) is 0 Å². The van der Waals surface area contributed by atoms with Gasteiger partial charge in [-0.05, 0) is 12.2 Å². The summed E-state index contributed by atoms with van der Waals surface area (Å²) in [5, 5.41) is 0.786. The molecule has 4 heteroatoms. The zero-order chi connectivity index (χ0) is 8.97. The Labute approximate surface area is 76.8 Å². The summed E-state index contributed by atoms with van der Waals surface area (Å²) in [7, 11) is 0. The SMILES string of the molecule is CCSc1nc(N)cc(CC)n1. The summed E-state index contributed by atoms with van der Waals surface area (Å²) >= 11 is 1.62. The number of thioether (sulfide) groups is 1. The molecule has 0 aliphatic heterocycles. The summed E-state index contributed by atoms with van der Waals surface area (Å²) in [6, 6.07) is 1.82. The van der Waals surface area contributed by atoms with Crippen molar-refractivity contribution in [2.45, 2.75) is 25.4 Å². The molecule has 1 aromatic heterocycles. The van der Waals surface area contributed by atoms with E-state index in [1.54, 1.807) is 11.8 Å². The Morgan fingerprint density at radius 3 is 2.75 bits per heavy atom. The molecule has 1 rings (SSSR count). The van der Waals surface area contributed by atoms with E-state index in [2.05, 4.69) is 23.8 Å². The number of hydrogen-bond donors (Lipinski definition) is 1. The second-order valence-electron chi connectivity index (χ2n) is 2.35. The highest BCUT2D eigenvalue weighted by molar-refractivity contribution is 7.99. The first kappa shape index (κ1) is 9.32. The first-order valence-electron chi connectivity index (χ1n) is 4.02. The van der Waals surface area contributed by atoms with Crippen molar-refractivity contribution in [1.29, 1.82) is 0 Å². The monoisotopic (exact) mass is 183 g/mol. The quantitative estimate of drug-likeness (QED) is 0.573. The van der Waals surface area contributed by atoms with Gasteiger partial charge in [-0.3, -0.25) is 0 Å². The number of hydrogen-bond acceptors (Lipinski definition) is 4. The van der Waals surface area contributed by atoms with Gasteiger partial charge in [0, 0.05) is 11.8 Å². The van der Waals surface area contributed by atoms with Gasteiger partial charge in [-0.2, -0.15) is 0 Å². The largest absolute Gasteiger partial charge is 0.384 e. The van der Waals surface area contributed by atoms with Crippen molar-refractivity contribution in [3.05, 3.63) is 11.8 Å². The lowest BCUT2D eigenvalue weighted by atomic mass is 10.3. The van der Waals surface area contributed by atoms with Gasteiger partial charge in [0.15, 0.2) is 5.16 Å². The van der Waals surface area contributed by atoms with Crippen LogP contribution in [0.4, 0.5) is 5.82 Å². The predicted octanol–water partition coefficient (Wildman–Crippen LogP) is 1.73. The Kier molecular flexibility index (Phi) is 3.34. The molecule has 0 unspecified atom stereocenters. The molecule has 0 radical (unpaired) electrons. The smallest absolute Gasteiger partial charge is 0.189 e. The van der Waals surface area contributed by atoms with Gasteiger partial charge in [0.2, 0.25) is 0 Å². The highest BCUT2D eigenvalue weighted by Gasteiger charge is 1.99. The Bertz CT molecular complexity index is 262. The molecule has 0 saturated carbocycles. The molecular formula is C8H13N3S. The van der Waals surface area contributed by atoms with Crippen LogP contribution in [-0.2, 0) is 6.42 Å². The van der Waals surface area contributed by atoms with E-state index in [9.17, 15) is 0 Å². The van der Waals surface area contributed by atoms with Crippen molar-refractivity contribution in [3.63, 3.8) is 0 Å². The van der Waals surface area contributed by atoms with Crippen LogP contribution in [0.2, 0.25) is 0 Å². The van der Waals surface area contributed by atoms with Crippen molar-refractivity contribution in [2.24, 2.45) is 0 Å². The zero-order valence-electron chi connectivity index (χ0n) is 7.37. The molecule has 66 valence electrons. The van der Waals surface area contributed by atoms with Crippen LogP contribution >= 0.6 is 11.8 Å². The number of rotatable bonds is 3. The van der Waals surface area contributed by atoms with Crippen LogP contribution in [0.1, 0.15) is 19.5 Å². The molecule has 2 N–H and O–H groups in total. The van der Waals surface area contributed by atoms with Gasteiger partial charge in [-0.1, -0.05) is 25.6 Å². The number of aryl methyl sites for hydroxylation is 1. The molecule has 0 spiro atoms. The van der Waals surface area contributed by atoms with E-state index in [1.807, 2.05) is 6.07 Å². The molecule has 0 aliphatic rings. The van der Waals surface area contributed by atoms with E-state index < -0.39 is 0 Å². The van der Waals surface area contributed by atoms with Crippen LogP contribution in [0.3, 0.4) is 0 Å². The normalized spacial score (nSPS) is 10.2. The number of nitrogens with two attached hydrogens (primary N) is 1. The fourth-order valence-electron chi connectivity index (χ4n) is 0.868. The van der Waals surface area contributed by atoms with Crippen LogP contribution < -0.4 is 5.73 Å². The minimum atomic E-state index is 0.567. The molecule has 12 heavy (non-hydrogen) atoms. The number of aromatic nitrogens is 2. The maximum Gasteiger partial charge on any atom is 0.189 e. The zero-order valence-corrected chi connectivity index (χ0v) is 8.19. The van der Waals surface area contributed by atoms with E-state index >= 15 is 0 Å². The summed E-state index contributed by atoms with van der Waals surface area (Å²) in [5.74, 6) is 1.55. The van der Waals surface area contributed by atoms with E-state index in [-0.39, 0.29) is 0 Å². The second kappa shape index (κ2) is 4.30. The standard InChI is InChI=1S/C8H13N3S/c1-3-6-5-7(9)11-8(10-6)12-4-2/h5H,3-4H2,1-2H3,(H2,9,10,11). The molecule has 0 atom stereocenters. The molecule has 0 saturated heterocycles. The fourth-order valence-corrected chi connectivity index (χ4v) is 1.48. The third-order valence-electron chi connectivity index (χ3n) is 1.41. The van der Waals surface area contributed by atoms with E-state index in [0.717, 1.165) is 23.0 Å². The fraction of sp³-hybridized carbons (Fsp3) is 0.500. The summed E-state index contributed by atoms with van der Waals surface area (Å²) < 4.78 is 0. The molecule has 0 bridgehead atoms. The van der Waals surface area contributed by atoms with Gasteiger partial charge >= 0.3 is 0 Å². The molecule has 0 aliphatic carbocycles. The summed E-state index contributed by atoms with van der Waals surface area (Å²) in [6.07, 6.45) is 0.907. The molecular weight excluding hydrogens is 170 g/mol. The Balaban J connectivity index is 2.90. The van der Waals surface area contributed by atoms with Crippen molar-refractivity contribution >= 4 is 17.6 Å². The number of anilines is 1. The summed E-state index contributed by atoms with van der Waals surface area (Å²) in [5.41, 5.74) is 6.61. The molecule has 3 nitrogen and oxygen atoms in total. The van der Waals surface area contributed by atoms with Gasteiger partial charge < -0.3 is 5.73 Å². The van der Waals surface area contributed by atoms with E-state index in [0.29, 0.717) is 5.82 Å². The Morgan fingerprint density at radius 1 is 1.42 bits per heavy atom. The maximum absolute atomic E-state index is 5.60. The second-order valence-corrected chi connectivity index (χ2v) is 3.58. The third kappa shape index (κ3) is 2.37. The lowest BCUT2D eigenvalue weighted by molar-refractivity contribution is 0.897. The Morgan fingerprint density at radius 2 is 2.17 bits per heavy atom. The van der Waals surface area contributed by atoms with Gasteiger partial charge in [0.05, 0.1) is 0 Å². The number of nitrogen functional groups attached to an aromatic ring is 1. The highest BCUT2D eigenvalue weighted by Crippen LogP contribution is 2.14. The molecule has 0 aromatic carbocycles. The average molecular weight is 183 g/mol. The van der Waals surface area contributed by atoms with Crippen molar-refractivity contribution in [3.8, 4) is 0 Å². The summed E-state index contributed by atoms with van der Waals surface area (Å²) in [4.78, 5) is 8.41. The molecule has 0 amide bonds. The number of nitrogens with zero attached hydrogens (tertiary/aromatic N) is 2. The third-order valence-corrected chi connectivity index (χ3v) is 2.14. The molecule has 1 aromatic rings. The van der Waals surface area contributed by atoms with Crippen LogP contribution in [0.5, 0.6) is 0 Å². The first-order valence-corrected chi connectivity index (χ1v) is 5.01. The van der Waals surface area contributed by atoms with Crippen LogP contribution in [0, 0.1) is 0 Å². The van der Waals surface area contributed by atoms with Crippen molar-refractivity contribution in [1.82, 2.24) is 9.97 Å². The van der Waals surface area contributed by atoms with Crippen LogP contribution in [0.15, 0.2) is 11.2 Å². The first-order chi connectivity index (χ1) is 5.76. The molecule has 1 heterocycles. The maximum atomic E-state index is 5.60. The minimum absolute atomic E-state index is 0.567. The van der Waals surface area contributed by atoms with Gasteiger partial charge in [-0.15, -0.1) is 0 Å². The van der Waals surface area contributed by atoms with Gasteiger partial charge in [0.25, 0.3) is 0 Å². The Hall–Kier alpha value is -0.770. The minimum Gasteiger partial charge on any atom is -0.384 e. The van der Waals surface area contributed by atoms with E-state index in [1.165, 1.54) is 0 Å². The van der Waals surface area contributed by atoms with Crippen molar-refractivity contribution < 1.29 is 0 Å². The van der Waals surface area contributed by atoms with E-state index in [4.69, 9.17) is 5.73 Å². The van der Waals surface area contributed by atoms with Gasteiger partial charge in [-0.25, -0.2) is 9.97 Å². The van der Waals surface area contributed by atoms with Crippen molar-refractivity contribution in [2.75, 3.05) is 11.5 Å². The lowest BCUT2D eigenvalue weighted by Crippen LogP contribution is -1.98. The van der Waals surface area contributed by atoms with Gasteiger partial charge in [0.1, 0.15) is 5.82 Å². The lowest BCUT2D eigenvalue weighted by Gasteiger charge is -2.01. The van der Waals surface area contributed by atoms with Crippen LogP contribution in [-0.4, -0.2) is 15.7 Å². The predicted molar refractivity (Wildman–Crippen MR) is 52.2 cm³/mol.